The Hall–Kier alpha value is -1.06. The lowest BCUT2D eigenvalue weighted by Crippen LogP contribution is -1.87. The number of carbonyl (C=O) groups excluding carboxylic acids is 1. The van der Waals surface area contributed by atoms with Gasteiger partial charge in [0, 0.05) is 11.8 Å². The third kappa shape index (κ3) is 3.15. The molecule has 2 aromatic rings. The molecule has 0 bridgehead atoms. The van der Waals surface area contributed by atoms with Crippen LogP contribution in [0.4, 0.5) is 5.69 Å². The zero-order chi connectivity index (χ0) is 14.7. The van der Waals surface area contributed by atoms with Crippen molar-refractivity contribution >= 4 is 64.6 Å². The number of aliphatic imine (C=N–C) groups is 1. The lowest BCUT2D eigenvalue weighted by Gasteiger charge is -2.04. The van der Waals surface area contributed by atoms with Crippen molar-refractivity contribution in [1.29, 1.82) is 0 Å². The second kappa shape index (κ2) is 6.59. The summed E-state index contributed by atoms with van der Waals surface area (Å²) < 4.78 is 0. The van der Waals surface area contributed by atoms with E-state index in [1.807, 2.05) is 0 Å². The summed E-state index contributed by atoms with van der Waals surface area (Å²) in [5, 5.41) is 1.41. The van der Waals surface area contributed by atoms with Crippen LogP contribution in [0.1, 0.15) is 15.9 Å². The number of benzene rings is 2. The summed E-state index contributed by atoms with van der Waals surface area (Å²) in [5.74, 6) is 0. The molecule has 0 aromatic heterocycles. The highest BCUT2D eigenvalue weighted by atomic mass is 35.5. The first-order valence-electron chi connectivity index (χ1n) is 5.46. The Morgan fingerprint density at radius 3 is 2.05 bits per heavy atom. The molecule has 2 rings (SSSR count). The highest BCUT2D eigenvalue weighted by Gasteiger charge is 2.09. The van der Waals surface area contributed by atoms with E-state index in [2.05, 4.69) is 4.99 Å². The molecule has 0 radical (unpaired) electrons. The molecule has 0 unspecified atom stereocenters. The molecule has 0 aliphatic heterocycles. The highest BCUT2D eigenvalue weighted by Crippen LogP contribution is 2.33. The van der Waals surface area contributed by atoms with Crippen LogP contribution in [-0.4, -0.2) is 12.5 Å². The molecule has 0 saturated carbocycles. The Balaban J connectivity index is 2.45. The van der Waals surface area contributed by atoms with Crippen molar-refractivity contribution in [2.24, 2.45) is 4.99 Å². The summed E-state index contributed by atoms with van der Waals surface area (Å²) >= 11 is 24.0. The van der Waals surface area contributed by atoms with Crippen molar-refractivity contribution in [1.82, 2.24) is 0 Å². The van der Waals surface area contributed by atoms with Crippen LogP contribution < -0.4 is 0 Å². The Morgan fingerprint density at radius 1 is 0.850 bits per heavy atom. The summed E-state index contributed by atoms with van der Waals surface area (Å²) in [6, 6.07) is 8.31. The van der Waals surface area contributed by atoms with Gasteiger partial charge < -0.3 is 0 Å². The van der Waals surface area contributed by atoms with E-state index < -0.39 is 0 Å². The van der Waals surface area contributed by atoms with E-state index in [1.165, 1.54) is 6.21 Å². The number of carbonyl (C=O) groups is 1. The topological polar surface area (TPSA) is 29.4 Å². The quantitative estimate of drug-likeness (QED) is 0.505. The number of hydrogen-bond donors (Lipinski definition) is 0. The molecule has 102 valence electrons. The Morgan fingerprint density at radius 2 is 1.45 bits per heavy atom. The van der Waals surface area contributed by atoms with Gasteiger partial charge in [0.15, 0.2) is 6.29 Å². The summed E-state index contributed by atoms with van der Waals surface area (Å²) in [5.41, 5.74) is 1.19. The third-order valence-corrected chi connectivity index (χ3v) is 3.94. The van der Waals surface area contributed by atoms with E-state index in [0.717, 1.165) is 0 Å². The van der Waals surface area contributed by atoms with Gasteiger partial charge in [0.1, 0.15) is 0 Å². The van der Waals surface area contributed by atoms with Crippen LogP contribution in [0.2, 0.25) is 20.1 Å². The normalized spacial score (nSPS) is 11.0. The molecule has 0 aliphatic rings. The fourth-order valence-corrected chi connectivity index (χ4v) is 2.54. The molecule has 0 N–H and O–H groups in total. The number of aldehydes is 1. The highest BCUT2D eigenvalue weighted by molar-refractivity contribution is 6.40. The zero-order valence-electron chi connectivity index (χ0n) is 9.91. The minimum atomic E-state index is 0.187. The van der Waals surface area contributed by atoms with Gasteiger partial charge in [-0.2, -0.15) is 0 Å². The molecular weight excluding hydrogens is 340 g/mol. The van der Waals surface area contributed by atoms with Gasteiger partial charge >= 0.3 is 0 Å². The number of rotatable bonds is 3. The van der Waals surface area contributed by atoms with Crippen LogP contribution >= 0.6 is 46.4 Å². The first-order valence-corrected chi connectivity index (χ1v) is 6.97. The first kappa shape index (κ1) is 15.3. The monoisotopic (exact) mass is 345 g/mol. The van der Waals surface area contributed by atoms with Crippen molar-refractivity contribution in [2.75, 3.05) is 0 Å². The van der Waals surface area contributed by atoms with E-state index in [-0.39, 0.29) is 15.6 Å². The van der Waals surface area contributed by atoms with Crippen LogP contribution in [0.25, 0.3) is 0 Å². The van der Waals surface area contributed by atoms with Crippen LogP contribution in [0.5, 0.6) is 0 Å². The summed E-state index contributed by atoms with van der Waals surface area (Å²) in [7, 11) is 0. The van der Waals surface area contributed by atoms with Crippen LogP contribution in [0.3, 0.4) is 0 Å². The summed E-state index contributed by atoms with van der Waals surface area (Å²) in [6.45, 7) is 0. The van der Waals surface area contributed by atoms with E-state index in [9.17, 15) is 4.79 Å². The Bertz CT molecular complexity index is 678. The maximum absolute atomic E-state index is 10.9. The van der Waals surface area contributed by atoms with E-state index in [4.69, 9.17) is 46.4 Å². The van der Waals surface area contributed by atoms with Crippen LogP contribution in [0, 0.1) is 0 Å². The molecule has 0 aliphatic carbocycles. The smallest absolute Gasteiger partial charge is 0.153 e. The van der Waals surface area contributed by atoms with E-state index in [1.54, 1.807) is 30.3 Å². The van der Waals surface area contributed by atoms with Crippen LogP contribution in [-0.2, 0) is 0 Å². The zero-order valence-corrected chi connectivity index (χ0v) is 12.9. The van der Waals surface area contributed by atoms with Crippen molar-refractivity contribution in [3.63, 3.8) is 0 Å². The van der Waals surface area contributed by atoms with Crippen molar-refractivity contribution in [3.8, 4) is 0 Å². The molecule has 0 saturated heterocycles. The molecule has 0 fully saturated rings. The maximum Gasteiger partial charge on any atom is 0.153 e. The van der Waals surface area contributed by atoms with Gasteiger partial charge in [0.05, 0.1) is 31.3 Å². The average Bonchev–Trinajstić information content (AvgIpc) is 2.41. The van der Waals surface area contributed by atoms with Crippen molar-refractivity contribution in [2.45, 2.75) is 0 Å². The second-order valence-corrected chi connectivity index (χ2v) is 5.41. The lowest BCUT2D eigenvalue weighted by atomic mass is 10.2. The Labute approximate surface area is 135 Å². The second-order valence-electron chi connectivity index (χ2n) is 3.81. The van der Waals surface area contributed by atoms with Crippen LogP contribution in [0.15, 0.2) is 35.3 Å². The average molecular weight is 347 g/mol. The van der Waals surface area contributed by atoms with Gasteiger partial charge in [-0.3, -0.25) is 9.79 Å². The van der Waals surface area contributed by atoms with Gasteiger partial charge in [0.25, 0.3) is 0 Å². The van der Waals surface area contributed by atoms with E-state index in [0.29, 0.717) is 27.6 Å². The molecule has 20 heavy (non-hydrogen) atoms. The molecular formula is C14H7Cl4NO. The first-order chi connectivity index (χ1) is 9.54. The number of hydrogen-bond acceptors (Lipinski definition) is 2. The van der Waals surface area contributed by atoms with Gasteiger partial charge in [-0.1, -0.05) is 52.5 Å². The fraction of sp³-hybridized carbons (Fsp3) is 0. The maximum atomic E-state index is 10.9. The van der Waals surface area contributed by atoms with Crippen molar-refractivity contribution < 1.29 is 4.79 Å². The molecule has 2 nitrogen and oxygen atoms in total. The van der Waals surface area contributed by atoms with E-state index >= 15 is 0 Å². The number of nitrogens with zero attached hydrogens (tertiary/aromatic N) is 1. The molecule has 0 spiro atoms. The fourth-order valence-electron chi connectivity index (χ4n) is 1.53. The standard InChI is InChI=1S/C14H7Cl4NO/c15-10-2-1-3-11(16)8(10)6-19-13-5-4-12(17)9(7-20)14(13)18/h1-7H. The largest absolute Gasteiger partial charge is 0.298 e. The summed E-state index contributed by atoms with van der Waals surface area (Å²) in [6.07, 6.45) is 2.08. The predicted octanol–water partition coefficient (Wildman–Crippen LogP) is 5.86. The molecule has 0 atom stereocenters. The molecule has 0 heterocycles. The lowest BCUT2D eigenvalue weighted by molar-refractivity contribution is 0.112. The minimum Gasteiger partial charge on any atom is -0.298 e. The predicted molar refractivity (Wildman–Crippen MR) is 85.6 cm³/mol. The minimum absolute atomic E-state index is 0.187. The molecule has 6 heteroatoms. The third-order valence-electron chi connectivity index (χ3n) is 2.56. The van der Waals surface area contributed by atoms with Gasteiger partial charge in [-0.15, -0.1) is 0 Å². The SMILES string of the molecule is O=Cc1c(Cl)ccc(N=Cc2c(Cl)cccc2Cl)c1Cl. The summed E-state index contributed by atoms with van der Waals surface area (Å²) in [4.78, 5) is 15.1. The van der Waals surface area contributed by atoms with Gasteiger partial charge in [-0.05, 0) is 24.3 Å². The Kier molecular flexibility index (Phi) is 5.06. The molecule has 2 aromatic carbocycles. The van der Waals surface area contributed by atoms with Gasteiger partial charge in [0.2, 0.25) is 0 Å². The number of halogens is 4. The van der Waals surface area contributed by atoms with Gasteiger partial charge in [-0.25, -0.2) is 0 Å². The van der Waals surface area contributed by atoms with Crippen molar-refractivity contribution in [3.05, 3.63) is 61.5 Å². The molecule has 0 amide bonds.